The second-order valence-electron chi connectivity index (χ2n) is 9.53. The number of rotatable bonds is 9. The number of nitrogens with zero attached hydrogens (tertiary/aromatic N) is 2. The van der Waals surface area contributed by atoms with E-state index < -0.39 is 22.5 Å². The zero-order chi connectivity index (χ0) is 27.8. The summed E-state index contributed by atoms with van der Waals surface area (Å²) >= 11 is 0. The smallest absolute Gasteiger partial charge is 0.264 e. The first-order chi connectivity index (χ1) is 18.8. The largest absolute Gasteiger partial charge is 0.492 e. The molecule has 2 amide bonds. The fourth-order valence-electron chi connectivity index (χ4n) is 4.62. The van der Waals surface area contributed by atoms with Gasteiger partial charge in [-0.15, -0.1) is 0 Å². The number of sulfonamides is 1. The van der Waals surface area contributed by atoms with Crippen molar-refractivity contribution in [3.8, 4) is 5.75 Å². The maximum Gasteiger partial charge on any atom is 0.264 e. The number of amides is 2. The summed E-state index contributed by atoms with van der Waals surface area (Å²) in [7, 11) is -4.13. The number of nitrogens with one attached hydrogen (secondary N) is 1. The van der Waals surface area contributed by atoms with Gasteiger partial charge in [-0.3, -0.25) is 13.9 Å². The van der Waals surface area contributed by atoms with E-state index in [1.54, 1.807) is 67.6 Å². The van der Waals surface area contributed by atoms with E-state index in [9.17, 15) is 18.0 Å². The molecule has 1 N–H and O–H groups in total. The molecule has 3 aromatic carbocycles. The van der Waals surface area contributed by atoms with Gasteiger partial charge in [0.2, 0.25) is 5.91 Å². The quantitative estimate of drug-likeness (QED) is 0.394. The summed E-state index contributed by atoms with van der Waals surface area (Å²) in [6.45, 7) is 4.85. The zero-order valence-corrected chi connectivity index (χ0v) is 23.2. The molecular weight excluding hydrogens is 514 g/mol. The maximum atomic E-state index is 13.8. The highest BCUT2D eigenvalue weighted by molar-refractivity contribution is 7.92. The van der Waals surface area contributed by atoms with Crippen molar-refractivity contribution in [2.24, 2.45) is 0 Å². The summed E-state index contributed by atoms with van der Waals surface area (Å²) in [4.78, 5) is 28.6. The lowest BCUT2D eigenvalue weighted by Gasteiger charge is -2.26. The Balaban J connectivity index is 1.65. The molecule has 1 aliphatic heterocycles. The summed E-state index contributed by atoms with van der Waals surface area (Å²) in [5, 5.41) is 2.80. The number of ether oxygens (including phenoxy) is 1. The highest BCUT2D eigenvalue weighted by Crippen LogP contribution is 2.33. The van der Waals surface area contributed by atoms with Crippen LogP contribution in [-0.4, -0.2) is 51.4 Å². The Kier molecular flexibility index (Phi) is 9.24. The van der Waals surface area contributed by atoms with E-state index in [4.69, 9.17) is 4.74 Å². The molecule has 4 rings (SSSR count). The molecule has 0 bridgehead atoms. The molecule has 39 heavy (non-hydrogen) atoms. The van der Waals surface area contributed by atoms with Gasteiger partial charge in [0.1, 0.15) is 12.3 Å². The molecule has 3 aromatic rings. The molecule has 1 heterocycles. The summed E-state index contributed by atoms with van der Waals surface area (Å²) in [6, 6.07) is 20.0. The molecular formula is C30H35N3O5S. The van der Waals surface area contributed by atoms with E-state index in [2.05, 4.69) is 5.32 Å². The van der Waals surface area contributed by atoms with Crippen LogP contribution < -0.4 is 14.4 Å². The Hall–Kier alpha value is -3.85. The minimum atomic E-state index is -4.13. The summed E-state index contributed by atoms with van der Waals surface area (Å²) in [5.74, 6) is -0.369. The third-order valence-electron chi connectivity index (χ3n) is 6.65. The van der Waals surface area contributed by atoms with Crippen LogP contribution in [0.1, 0.15) is 48.5 Å². The number of hydrogen-bond acceptors (Lipinski definition) is 5. The highest BCUT2D eigenvalue weighted by atomic mass is 32.2. The standard InChI is InChI=1S/C30H35N3O5S/c1-3-38-28-15-9-8-14-27(28)33(39(36,37)24-18-16-23(2)17-19-24)22-29(34)31-26-13-7-6-12-25(26)30(35)32-20-10-4-5-11-21-32/h6-9,12-19H,3-5,10-11,20-22H2,1-2H3,(H,31,34). The molecule has 1 saturated heterocycles. The van der Waals surface area contributed by atoms with Gasteiger partial charge in [0.15, 0.2) is 0 Å². The fraction of sp³-hybridized carbons (Fsp3) is 0.333. The van der Waals surface area contributed by atoms with E-state index in [1.807, 2.05) is 11.8 Å². The minimum Gasteiger partial charge on any atom is -0.492 e. The van der Waals surface area contributed by atoms with Crippen LogP contribution in [0.25, 0.3) is 0 Å². The lowest BCUT2D eigenvalue weighted by atomic mass is 10.1. The second kappa shape index (κ2) is 12.8. The van der Waals surface area contributed by atoms with E-state index in [-0.39, 0.29) is 16.5 Å². The zero-order valence-electron chi connectivity index (χ0n) is 22.4. The molecule has 0 spiro atoms. The van der Waals surface area contributed by atoms with Crippen LogP contribution in [0.15, 0.2) is 77.7 Å². The van der Waals surface area contributed by atoms with Gasteiger partial charge in [0.25, 0.3) is 15.9 Å². The lowest BCUT2D eigenvalue weighted by Crippen LogP contribution is -2.39. The van der Waals surface area contributed by atoms with Gasteiger partial charge < -0.3 is 15.0 Å². The first kappa shape index (κ1) is 28.2. The summed E-state index contributed by atoms with van der Waals surface area (Å²) < 4.78 is 34.4. The van der Waals surface area contributed by atoms with Crippen LogP contribution in [0.5, 0.6) is 5.75 Å². The number of benzene rings is 3. The van der Waals surface area contributed by atoms with Crippen molar-refractivity contribution in [2.75, 3.05) is 35.9 Å². The third kappa shape index (κ3) is 6.78. The van der Waals surface area contributed by atoms with Gasteiger partial charge in [-0.1, -0.05) is 54.8 Å². The van der Waals surface area contributed by atoms with Crippen LogP contribution in [0.4, 0.5) is 11.4 Å². The highest BCUT2D eigenvalue weighted by Gasteiger charge is 2.30. The number of likely N-dealkylation sites (tertiary alicyclic amines) is 1. The van der Waals surface area contributed by atoms with Crippen LogP contribution in [0, 0.1) is 6.92 Å². The minimum absolute atomic E-state index is 0.0592. The van der Waals surface area contributed by atoms with Gasteiger partial charge in [-0.25, -0.2) is 8.42 Å². The molecule has 1 fully saturated rings. The Morgan fingerprint density at radius 3 is 2.23 bits per heavy atom. The molecule has 0 radical (unpaired) electrons. The number of aryl methyl sites for hydroxylation is 1. The van der Waals surface area contributed by atoms with E-state index in [1.165, 1.54) is 12.1 Å². The normalized spacial score (nSPS) is 13.8. The van der Waals surface area contributed by atoms with Crippen LogP contribution in [0.3, 0.4) is 0 Å². The predicted molar refractivity (Wildman–Crippen MR) is 153 cm³/mol. The van der Waals surface area contributed by atoms with Crippen molar-refractivity contribution in [1.29, 1.82) is 0 Å². The number of hydrogen-bond donors (Lipinski definition) is 1. The monoisotopic (exact) mass is 549 g/mol. The number of carbonyl (C=O) groups excluding carboxylic acids is 2. The van der Waals surface area contributed by atoms with Crippen molar-refractivity contribution in [3.05, 3.63) is 83.9 Å². The Morgan fingerprint density at radius 2 is 1.54 bits per heavy atom. The third-order valence-corrected chi connectivity index (χ3v) is 8.43. The van der Waals surface area contributed by atoms with Gasteiger partial charge in [0.05, 0.1) is 28.4 Å². The molecule has 9 heteroatoms. The van der Waals surface area contributed by atoms with Crippen molar-refractivity contribution < 1.29 is 22.7 Å². The van der Waals surface area contributed by atoms with Gasteiger partial charge >= 0.3 is 0 Å². The van der Waals surface area contributed by atoms with Gasteiger partial charge in [-0.05, 0) is 63.1 Å². The van der Waals surface area contributed by atoms with Crippen molar-refractivity contribution >= 4 is 33.2 Å². The molecule has 0 saturated carbocycles. The molecule has 8 nitrogen and oxygen atoms in total. The first-order valence-corrected chi connectivity index (χ1v) is 14.7. The Morgan fingerprint density at radius 1 is 0.897 bits per heavy atom. The molecule has 1 aliphatic rings. The van der Waals surface area contributed by atoms with Crippen molar-refractivity contribution in [1.82, 2.24) is 4.90 Å². The summed E-state index contributed by atoms with van der Waals surface area (Å²) in [5.41, 5.74) is 1.90. The van der Waals surface area contributed by atoms with Gasteiger partial charge in [-0.2, -0.15) is 0 Å². The molecule has 0 aliphatic carbocycles. The summed E-state index contributed by atoms with van der Waals surface area (Å²) in [6.07, 6.45) is 4.09. The molecule has 0 atom stereocenters. The lowest BCUT2D eigenvalue weighted by molar-refractivity contribution is -0.114. The van der Waals surface area contributed by atoms with Crippen LogP contribution in [-0.2, 0) is 14.8 Å². The Labute approximate surface area is 230 Å². The van der Waals surface area contributed by atoms with Crippen LogP contribution >= 0.6 is 0 Å². The number of carbonyl (C=O) groups is 2. The molecule has 206 valence electrons. The number of para-hydroxylation sites is 3. The first-order valence-electron chi connectivity index (χ1n) is 13.3. The van der Waals surface area contributed by atoms with E-state index in [0.717, 1.165) is 35.6 Å². The average Bonchev–Trinajstić information content (AvgIpc) is 3.22. The average molecular weight is 550 g/mol. The fourth-order valence-corrected chi connectivity index (χ4v) is 6.05. The second-order valence-corrected chi connectivity index (χ2v) is 11.4. The van der Waals surface area contributed by atoms with Gasteiger partial charge in [0, 0.05) is 13.1 Å². The molecule has 0 unspecified atom stereocenters. The SMILES string of the molecule is CCOc1ccccc1N(CC(=O)Nc1ccccc1C(=O)N1CCCCCC1)S(=O)(=O)c1ccc(C)cc1. The van der Waals surface area contributed by atoms with Crippen LogP contribution in [0.2, 0.25) is 0 Å². The Bertz CT molecular complexity index is 1400. The predicted octanol–water partition coefficient (Wildman–Crippen LogP) is 5.24. The maximum absolute atomic E-state index is 13.8. The van der Waals surface area contributed by atoms with Crippen molar-refractivity contribution in [2.45, 2.75) is 44.4 Å². The molecule has 0 aromatic heterocycles. The topological polar surface area (TPSA) is 96.0 Å². The van der Waals surface area contributed by atoms with E-state index in [0.29, 0.717) is 36.7 Å². The van der Waals surface area contributed by atoms with Crippen molar-refractivity contribution in [3.63, 3.8) is 0 Å². The van der Waals surface area contributed by atoms with E-state index >= 15 is 0 Å². The number of anilines is 2.